The number of nitrogens with one attached hydrogen (secondary N) is 2. The van der Waals surface area contributed by atoms with Gasteiger partial charge < -0.3 is 10.6 Å². The van der Waals surface area contributed by atoms with Crippen molar-refractivity contribution in [2.75, 3.05) is 5.32 Å². The maximum atomic E-state index is 12.2. The maximum absolute atomic E-state index is 12.2. The van der Waals surface area contributed by atoms with E-state index < -0.39 is 0 Å². The molecule has 1 saturated carbocycles. The van der Waals surface area contributed by atoms with E-state index in [4.69, 9.17) is 0 Å². The van der Waals surface area contributed by atoms with Gasteiger partial charge in [0.05, 0.1) is 12.4 Å². The number of benzene rings is 1. The number of aromatic nitrogens is 6. The fourth-order valence-electron chi connectivity index (χ4n) is 3.17. The molecule has 1 aliphatic rings. The molecule has 1 aromatic carbocycles. The summed E-state index contributed by atoms with van der Waals surface area (Å²) < 4.78 is 3.39. The Hall–Kier alpha value is -3.56. The van der Waals surface area contributed by atoms with Gasteiger partial charge in [0, 0.05) is 26.1 Å². The highest BCUT2D eigenvalue weighted by atomic mass is 16.2. The van der Waals surface area contributed by atoms with E-state index in [9.17, 15) is 9.59 Å². The third-order valence-electron chi connectivity index (χ3n) is 5.07. The minimum Gasteiger partial charge on any atom is -0.347 e. The van der Waals surface area contributed by atoms with E-state index in [1.165, 1.54) is 0 Å². The molecule has 31 heavy (non-hydrogen) atoms. The molecule has 0 atom stereocenters. The highest BCUT2D eigenvalue weighted by Crippen LogP contribution is 2.32. The van der Waals surface area contributed by atoms with Gasteiger partial charge >= 0.3 is 0 Å². The van der Waals surface area contributed by atoms with Crippen molar-refractivity contribution >= 4 is 17.6 Å². The number of hydrogen-bond acceptors (Lipinski definition) is 6. The van der Waals surface area contributed by atoms with Gasteiger partial charge in [-0.2, -0.15) is 0 Å². The molecule has 2 aromatic heterocycles. The van der Waals surface area contributed by atoms with Gasteiger partial charge in [-0.15, -0.1) is 10.2 Å². The van der Waals surface area contributed by atoms with Crippen molar-refractivity contribution in [1.82, 2.24) is 35.3 Å². The summed E-state index contributed by atoms with van der Waals surface area (Å²) in [5.74, 6) is 0.800. The minimum atomic E-state index is -0.242. The zero-order chi connectivity index (χ0) is 21.5. The van der Waals surface area contributed by atoms with E-state index in [2.05, 4.69) is 31.3 Å². The first kappa shape index (κ1) is 20.7. The summed E-state index contributed by atoms with van der Waals surface area (Å²) in [6.07, 6.45) is 7.96. The summed E-state index contributed by atoms with van der Waals surface area (Å²) in [4.78, 5) is 24.0. The number of rotatable bonds is 11. The van der Waals surface area contributed by atoms with Crippen molar-refractivity contribution in [3.8, 4) is 0 Å². The van der Waals surface area contributed by atoms with E-state index in [-0.39, 0.29) is 11.8 Å². The largest absolute Gasteiger partial charge is 0.347 e. The van der Waals surface area contributed by atoms with Crippen molar-refractivity contribution in [3.05, 3.63) is 54.0 Å². The van der Waals surface area contributed by atoms with Crippen LogP contribution in [0.15, 0.2) is 42.7 Å². The molecule has 0 radical (unpaired) electrons. The molecule has 10 heteroatoms. The normalized spacial score (nSPS) is 13.2. The minimum absolute atomic E-state index is 0.00402. The maximum Gasteiger partial charge on any atom is 0.273 e. The Morgan fingerprint density at radius 2 is 1.68 bits per heavy atom. The Morgan fingerprint density at radius 3 is 2.42 bits per heavy atom. The van der Waals surface area contributed by atoms with Crippen LogP contribution in [0, 0.1) is 5.92 Å². The van der Waals surface area contributed by atoms with Crippen LogP contribution >= 0.6 is 0 Å². The predicted octanol–water partition coefficient (Wildman–Crippen LogP) is 2.02. The molecule has 162 valence electrons. The Morgan fingerprint density at radius 1 is 0.968 bits per heavy atom. The van der Waals surface area contributed by atoms with Crippen LogP contribution in [0.5, 0.6) is 0 Å². The zero-order valence-corrected chi connectivity index (χ0v) is 17.3. The summed E-state index contributed by atoms with van der Waals surface area (Å²) in [6, 6.07) is 9.72. The van der Waals surface area contributed by atoms with Gasteiger partial charge in [0.25, 0.3) is 5.91 Å². The Kier molecular flexibility index (Phi) is 6.65. The van der Waals surface area contributed by atoms with Gasteiger partial charge in [-0.05, 0) is 37.2 Å². The molecule has 1 aliphatic carbocycles. The standard InChI is InChI=1S/C21H26N8O2/c30-20(12-16-8-9-16)23-19-15-29(27-25-19)11-5-4-10-28-14-18(24-26-28)21(31)22-13-17-6-2-1-3-7-17/h1-3,6-7,14-16H,4-5,8-13H2,(H,22,31)(H,23,30). The summed E-state index contributed by atoms with van der Waals surface area (Å²) in [5.41, 5.74) is 1.33. The van der Waals surface area contributed by atoms with Crippen LogP contribution in [-0.2, 0) is 24.4 Å². The van der Waals surface area contributed by atoms with Gasteiger partial charge in [-0.25, -0.2) is 0 Å². The van der Waals surface area contributed by atoms with Gasteiger partial charge in [0.2, 0.25) is 5.91 Å². The molecule has 4 rings (SSSR count). The summed E-state index contributed by atoms with van der Waals surface area (Å²) in [7, 11) is 0. The van der Waals surface area contributed by atoms with E-state index in [0.717, 1.165) is 31.2 Å². The third kappa shape index (κ3) is 6.46. The van der Waals surface area contributed by atoms with E-state index in [1.54, 1.807) is 21.8 Å². The third-order valence-corrected chi connectivity index (χ3v) is 5.07. The molecule has 1 fully saturated rings. The van der Waals surface area contributed by atoms with Crippen LogP contribution in [0.2, 0.25) is 0 Å². The highest BCUT2D eigenvalue weighted by Gasteiger charge is 2.24. The lowest BCUT2D eigenvalue weighted by molar-refractivity contribution is -0.116. The number of amides is 2. The number of carbonyl (C=O) groups excluding carboxylic acids is 2. The lowest BCUT2D eigenvalue weighted by Gasteiger charge is -2.02. The number of anilines is 1. The van der Waals surface area contributed by atoms with Gasteiger partial charge in [-0.1, -0.05) is 40.8 Å². The lowest BCUT2D eigenvalue weighted by Crippen LogP contribution is -2.23. The van der Waals surface area contributed by atoms with Crippen LogP contribution in [0.1, 0.15) is 48.2 Å². The average Bonchev–Trinajstić information content (AvgIpc) is 3.27. The second-order valence-corrected chi connectivity index (χ2v) is 7.80. The van der Waals surface area contributed by atoms with Crippen molar-refractivity contribution in [2.24, 2.45) is 5.92 Å². The molecule has 0 spiro atoms. The van der Waals surface area contributed by atoms with Crippen molar-refractivity contribution in [1.29, 1.82) is 0 Å². The first-order valence-electron chi connectivity index (χ1n) is 10.6. The van der Waals surface area contributed by atoms with Crippen molar-refractivity contribution in [3.63, 3.8) is 0 Å². The molecule has 0 bridgehead atoms. The molecule has 2 amide bonds. The van der Waals surface area contributed by atoms with E-state index >= 15 is 0 Å². The number of aryl methyl sites for hydroxylation is 2. The van der Waals surface area contributed by atoms with Crippen LogP contribution in [-0.4, -0.2) is 41.8 Å². The zero-order valence-electron chi connectivity index (χ0n) is 17.3. The predicted molar refractivity (Wildman–Crippen MR) is 113 cm³/mol. The Balaban J connectivity index is 1.15. The molecule has 0 saturated heterocycles. The van der Waals surface area contributed by atoms with Crippen LogP contribution in [0.25, 0.3) is 0 Å². The molecule has 0 aliphatic heterocycles. The summed E-state index contributed by atoms with van der Waals surface area (Å²) in [6.45, 7) is 1.79. The van der Waals surface area contributed by atoms with E-state index in [0.29, 0.717) is 43.5 Å². The summed E-state index contributed by atoms with van der Waals surface area (Å²) >= 11 is 0. The smallest absolute Gasteiger partial charge is 0.273 e. The first-order chi connectivity index (χ1) is 15.2. The van der Waals surface area contributed by atoms with Crippen LogP contribution < -0.4 is 10.6 Å². The Labute approximate surface area is 180 Å². The number of nitrogens with zero attached hydrogens (tertiary/aromatic N) is 6. The quantitative estimate of drug-likeness (QED) is 0.456. The number of unbranched alkanes of at least 4 members (excludes halogenated alkanes) is 1. The molecule has 2 N–H and O–H groups in total. The van der Waals surface area contributed by atoms with Crippen molar-refractivity contribution in [2.45, 2.75) is 51.7 Å². The van der Waals surface area contributed by atoms with Gasteiger partial charge in [0.1, 0.15) is 0 Å². The monoisotopic (exact) mass is 422 g/mol. The Bertz CT molecular complexity index is 1010. The number of carbonyl (C=O) groups is 2. The SMILES string of the molecule is O=C(CC1CC1)Nc1cn(CCCCn2cc(C(=O)NCc3ccccc3)nn2)nn1. The molecule has 3 aromatic rings. The van der Waals surface area contributed by atoms with Crippen LogP contribution in [0.3, 0.4) is 0 Å². The van der Waals surface area contributed by atoms with Gasteiger partial charge in [0.15, 0.2) is 11.5 Å². The molecule has 0 unspecified atom stereocenters. The molecule has 10 nitrogen and oxygen atoms in total. The molecular weight excluding hydrogens is 396 g/mol. The fourth-order valence-corrected chi connectivity index (χ4v) is 3.17. The number of hydrogen-bond donors (Lipinski definition) is 2. The molecular formula is C21H26N8O2. The molecule has 2 heterocycles. The van der Waals surface area contributed by atoms with Gasteiger partial charge in [-0.3, -0.25) is 19.0 Å². The topological polar surface area (TPSA) is 120 Å². The van der Waals surface area contributed by atoms with Crippen molar-refractivity contribution < 1.29 is 9.59 Å². The second kappa shape index (κ2) is 9.96. The second-order valence-electron chi connectivity index (χ2n) is 7.80. The average molecular weight is 422 g/mol. The summed E-state index contributed by atoms with van der Waals surface area (Å²) in [5, 5.41) is 21.7. The lowest BCUT2D eigenvalue weighted by atomic mass is 10.2. The first-order valence-corrected chi connectivity index (χ1v) is 10.6. The fraction of sp³-hybridized carbons (Fsp3) is 0.429. The van der Waals surface area contributed by atoms with E-state index in [1.807, 2.05) is 30.3 Å². The van der Waals surface area contributed by atoms with Crippen LogP contribution in [0.4, 0.5) is 5.82 Å². The highest BCUT2D eigenvalue weighted by molar-refractivity contribution is 5.91.